The predicted octanol–water partition coefficient (Wildman–Crippen LogP) is 1.92. The molecule has 0 aliphatic carbocycles. The van der Waals surface area contributed by atoms with Gasteiger partial charge in [-0.3, -0.25) is 0 Å². The number of nitrogens with two attached hydrogens (primary N) is 1. The van der Waals surface area contributed by atoms with Crippen molar-refractivity contribution in [2.24, 2.45) is 0 Å². The summed E-state index contributed by atoms with van der Waals surface area (Å²) in [5.74, 6) is 1.31. The summed E-state index contributed by atoms with van der Waals surface area (Å²) in [6.45, 7) is 1.94. The van der Waals surface area contributed by atoms with Gasteiger partial charge < -0.3 is 5.73 Å². The van der Waals surface area contributed by atoms with Crippen molar-refractivity contribution in [3.05, 3.63) is 29.5 Å². The van der Waals surface area contributed by atoms with E-state index >= 15 is 0 Å². The van der Waals surface area contributed by atoms with Crippen molar-refractivity contribution in [3.8, 4) is 0 Å². The minimum absolute atomic E-state index is 0.565. The molecule has 0 saturated carbocycles. The lowest BCUT2D eigenvalue weighted by molar-refractivity contribution is 1.20. The van der Waals surface area contributed by atoms with Crippen LogP contribution >= 0.6 is 12.6 Å². The molecule has 0 saturated heterocycles. The average Bonchev–Trinajstić information content (AvgIpc) is 2.03. The fourth-order valence-electron chi connectivity index (χ4n) is 0.947. The monoisotopic (exact) mass is 180 g/mol. The SMILES string of the molecule is Cc1nc(N)ccc1C=CCS. The zero-order chi connectivity index (χ0) is 8.97. The van der Waals surface area contributed by atoms with Crippen LogP contribution in [0.15, 0.2) is 18.2 Å². The summed E-state index contributed by atoms with van der Waals surface area (Å²) in [5, 5.41) is 0. The molecule has 1 aromatic rings. The van der Waals surface area contributed by atoms with Gasteiger partial charge in [-0.1, -0.05) is 12.2 Å². The summed E-state index contributed by atoms with van der Waals surface area (Å²) in [5.41, 5.74) is 7.55. The summed E-state index contributed by atoms with van der Waals surface area (Å²) < 4.78 is 0. The first-order chi connectivity index (χ1) is 5.74. The highest BCUT2D eigenvalue weighted by Crippen LogP contribution is 2.09. The molecule has 0 bridgehead atoms. The van der Waals surface area contributed by atoms with Crippen LogP contribution in [0.25, 0.3) is 6.08 Å². The Kier molecular flexibility index (Phi) is 3.17. The normalized spacial score (nSPS) is 10.8. The Balaban J connectivity index is 2.94. The van der Waals surface area contributed by atoms with Crippen molar-refractivity contribution in [2.45, 2.75) is 6.92 Å². The summed E-state index contributed by atoms with van der Waals surface area (Å²) in [6.07, 6.45) is 3.97. The molecule has 3 heteroatoms. The van der Waals surface area contributed by atoms with Gasteiger partial charge in [0.15, 0.2) is 0 Å². The van der Waals surface area contributed by atoms with E-state index in [2.05, 4.69) is 17.6 Å². The number of aryl methyl sites for hydroxylation is 1. The molecule has 2 nitrogen and oxygen atoms in total. The van der Waals surface area contributed by atoms with Crippen LogP contribution in [0.1, 0.15) is 11.3 Å². The molecule has 1 rings (SSSR count). The number of nitrogens with zero attached hydrogens (tertiary/aromatic N) is 1. The fourth-order valence-corrected chi connectivity index (χ4v) is 1.05. The molecule has 0 aliphatic heterocycles. The van der Waals surface area contributed by atoms with Crippen LogP contribution in [0.4, 0.5) is 5.82 Å². The second kappa shape index (κ2) is 4.16. The number of hydrogen-bond acceptors (Lipinski definition) is 3. The zero-order valence-corrected chi connectivity index (χ0v) is 7.88. The molecule has 12 heavy (non-hydrogen) atoms. The Morgan fingerprint density at radius 1 is 1.58 bits per heavy atom. The smallest absolute Gasteiger partial charge is 0.123 e. The van der Waals surface area contributed by atoms with Gasteiger partial charge in [0.25, 0.3) is 0 Å². The Hall–Kier alpha value is -0.960. The average molecular weight is 180 g/mol. The number of thiol groups is 1. The van der Waals surface area contributed by atoms with Crippen LogP contribution < -0.4 is 5.73 Å². The van der Waals surface area contributed by atoms with Gasteiger partial charge in [-0.2, -0.15) is 12.6 Å². The zero-order valence-electron chi connectivity index (χ0n) is 6.99. The van der Waals surface area contributed by atoms with Crippen LogP contribution in [-0.4, -0.2) is 10.7 Å². The van der Waals surface area contributed by atoms with Gasteiger partial charge in [-0.15, -0.1) is 0 Å². The van der Waals surface area contributed by atoms with Gasteiger partial charge in [0.2, 0.25) is 0 Å². The highest BCUT2D eigenvalue weighted by Gasteiger charge is 1.94. The molecular formula is C9H12N2S. The van der Waals surface area contributed by atoms with Gasteiger partial charge in [-0.05, 0) is 24.6 Å². The molecule has 2 N–H and O–H groups in total. The van der Waals surface area contributed by atoms with E-state index in [1.807, 2.05) is 25.1 Å². The molecule has 0 aromatic carbocycles. The second-order valence-corrected chi connectivity index (χ2v) is 2.86. The van der Waals surface area contributed by atoms with Crippen molar-refractivity contribution in [1.29, 1.82) is 0 Å². The Morgan fingerprint density at radius 2 is 2.33 bits per heavy atom. The Morgan fingerprint density at radius 3 is 2.92 bits per heavy atom. The standard InChI is InChI=1S/C9H12N2S/c1-7-8(3-2-6-12)4-5-9(10)11-7/h2-5,12H,6H2,1H3,(H2,10,11). The molecule has 0 spiro atoms. The molecule has 1 aromatic heterocycles. The van der Waals surface area contributed by atoms with Crippen LogP contribution in [-0.2, 0) is 0 Å². The molecule has 0 amide bonds. The number of pyridine rings is 1. The third kappa shape index (κ3) is 2.27. The van der Waals surface area contributed by atoms with Crippen molar-refractivity contribution < 1.29 is 0 Å². The fraction of sp³-hybridized carbons (Fsp3) is 0.222. The van der Waals surface area contributed by atoms with Gasteiger partial charge in [0, 0.05) is 11.4 Å². The molecule has 0 unspecified atom stereocenters. The lowest BCUT2D eigenvalue weighted by Gasteiger charge is -1.99. The molecule has 0 fully saturated rings. The molecule has 64 valence electrons. The van der Waals surface area contributed by atoms with E-state index in [9.17, 15) is 0 Å². The number of rotatable bonds is 2. The quantitative estimate of drug-likeness (QED) is 0.682. The van der Waals surface area contributed by atoms with E-state index in [0.717, 1.165) is 17.0 Å². The largest absolute Gasteiger partial charge is 0.384 e. The number of aromatic nitrogens is 1. The van der Waals surface area contributed by atoms with E-state index in [4.69, 9.17) is 5.73 Å². The maximum absolute atomic E-state index is 5.51. The van der Waals surface area contributed by atoms with E-state index in [1.54, 1.807) is 6.07 Å². The van der Waals surface area contributed by atoms with E-state index < -0.39 is 0 Å². The molecule has 1 heterocycles. The van der Waals surface area contributed by atoms with Gasteiger partial charge >= 0.3 is 0 Å². The lowest BCUT2D eigenvalue weighted by Crippen LogP contribution is -1.93. The minimum atomic E-state index is 0.565. The van der Waals surface area contributed by atoms with Gasteiger partial charge in [0.05, 0.1) is 0 Å². The minimum Gasteiger partial charge on any atom is -0.384 e. The maximum Gasteiger partial charge on any atom is 0.123 e. The summed E-state index contributed by atoms with van der Waals surface area (Å²) >= 11 is 4.07. The Bertz CT molecular complexity index is 295. The first kappa shape index (κ1) is 9.13. The number of nitrogen functional groups attached to an aromatic ring is 1. The highest BCUT2D eigenvalue weighted by molar-refractivity contribution is 7.80. The van der Waals surface area contributed by atoms with E-state index in [0.29, 0.717) is 5.82 Å². The van der Waals surface area contributed by atoms with Crippen molar-refractivity contribution in [3.63, 3.8) is 0 Å². The lowest BCUT2D eigenvalue weighted by atomic mass is 10.2. The first-order valence-electron chi connectivity index (χ1n) is 3.74. The molecular weight excluding hydrogens is 168 g/mol. The van der Waals surface area contributed by atoms with Crippen LogP contribution in [0.3, 0.4) is 0 Å². The summed E-state index contributed by atoms with van der Waals surface area (Å²) in [6, 6.07) is 3.75. The third-order valence-electron chi connectivity index (χ3n) is 1.55. The van der Waals surface area contributed by atoms with Crippen LogP contribution in [0.5, 0.6) is 0 Å². The third-order valence-corrected chi connectivity index (χ3v) is 1.76. The molecule has 0 aliphatic rings. The number of anilines is 1. The van der Waals surface area contributed by atoms with Gasteiger partial charge in [0.1, 0.15) is 5.82 Å². The topological polar surface area (TPSA) is 38.9 Å². The van der Waals surface area contributed by atoms with Crippen molar-refractivity contribution in [1.82, 2.24) is 4.98 Å². The van der Waals surface area contributed by atoms with Crippen LogP contribution in [0, 0.1) is 6.92 Å². The number of hydrogen-bond donors (Lipinski definition) is 2. The maximum atomic E-state index is 5.51. The Labute approximate surface area is 77.9 Å². The summed E-state index contributed by atoms with van der Waals surface area (Å²) in [4.78, 5) is 4.13. The van der Waals surface area contributed by atoms with Crippen LogP contribution in [0.2, 0.25) is 0 Å². The first-order valence-corrected chi connectivity index (χ1v) is 4.38. The van der Waals surface area contributed by atoms with E-state index in [1.165, 1.54) is 0 Å². The molecule has 0 atom stereocenters. The summed E-state index contributed by atoms with van der Waals surface area (Å²) in [7, 11) is 0. The van der Waals surface area contributed by atoms with Crippen molar-refractivity contribution in [2.75, 3.05) is 11.5 Å². The molecule has 0 radical (unpaired) electrons. The second-order valence-electron chi connectivity index (χ2n) is 2.50. The highest BCUT2D eigenvalue weighted by atomic mass is 32.1. The predicted molar refractivity (Wildman–Crippen MR) is 56.3 cm³/mol. The van der Waals surface area contributed by atoms with Crippen molar-refractivity contribution >= 4 is 24.5 Å². The van der Waals surface area contributed by atoms with E-state index in [-0.39, 0.29) is 0 Å². The van der Waals surface area contributed by atoms with Gasteiger partial charge in [-0.25, -0.2) is 4.98 Å².